The highest BCUT2D eigenvalue weighted by Crippen LogP contribution is 2.20. The molecule has 8 nitrogen and oxygen atoms in total. The number of carbonyl (C=O) groups is 1. The van der Waals surface area contributed by atoms with Gasteiger partial charge in [0.25, 0.3) is 11.9 Å². The zero-order chi connectivity index (χ0) is 18.1. The van der Waals surface area contributed by atoms with Crippen LogP contribution in [0.15, 0.2) is 30.9 Å². The summed E-state index contributed by atoms with van der Waals surface area (Å²) in [4.78, 5) is 25.1. The smallest absolute Gasteiger partial charge is 0.254 e. The van der Waals surface area contributed by atoms with Gasteiger partial charge in [0.05, 0.1) is 22.9 Å². The van der Waals surface area contributed by atoms with Crippen molar-refractivity contribution in [1.29, 1.82) is 0 Å². The van der Waals surface area contributed by atoms with Gasteiger partial charge in [-0.3, -0.25) is 9.78 Å². The molecule has 1 fully saturated rings. The van der Waals surface area contributed by atoms with Gasteiger partial charge in [-0.2, -0.15) is 9.78 Å². The van der Waals surface area contributed by atoms with Crippen LogP contribution in [0.3, 0.4) is 0 Å². The van der Waals surface area contributed by atoms with Gasteiger partial charge in [-0.1, -0.05) is 0 Å². The quantitative estimate of drug-likeness (QED) is 0.741. The Balaban J connectivity index is 1.52. The van der Waals surface area contributed by atoms with E-state index >= 15 is 0 Å². The summed E-state index contributed by atoms with van der Waals surface area (Å²) in [5, 5.41) is 17.9. The minimum atomic E-state index is -0.242. The highest BCUT2D eigenvalue weighted by Gasteiger charge is 2.21. The molecular formula is C18H20N6O2. The number of aryl methyl sites for hydroxylation is 1. The van der Waals surface area contributed by atoms with E-state index in [1.165, 1.54) is 12.4 Å². The molecule has 3 aromatic heterocycles. The molecule has 0 atom stereocenters. The first-order valence-corrected chi connectivity index (χ1v) is 8.72. The van der Waals surface area contributed by atoms with Gasteiger partial charge in [-0.25, -0.2) is 9.97 Å². The molecule has 8 heteroatoms. The van der Waals surface area contributed by atoms with E-state index in [2.05, 4.69) is 25.4 Å². The summed E-state index contributed by atoms with van der Waals surface area (Å²) in [6, 6.07) is 1.95. The number of amides is 1. The zero-order valence-electron chi connectivity index (χ0n) is 14.5. The Morgan fingerprint density at radius 1 is 1.19 bits per heavy atom. The average Bonchev–Trinajstić information content (AvgIpc) is 3.01. The van der Waals surface area contributed by atoms with Gasteiger partial charge in [0, 0.05) is 36.2 Å². The molecule has 3 aromatic rings. The topological polar surface area (TPSA) is 106 Å². The van der Waals surface area contributed by atoms with Crippen LogP contribution >= 0.6 is 0 Å². The predicted octanol–water partition coefficient (Wildman–Crippen LogP) is 1.55. The molecule has 1 saturated carbocycles. The Morgan fingerprint density at radius 2 is 1.92 bits per heavy atom. The van der Waals surface area contributed by atoms with E-state index in [1.54, 1.807) is 17.1 Å². The molecule has 1 aliphatic carbocycles. The lowest BCUT2D eigenvalue weighted by Gasteiger charge is -2.26. The molecule has 0 saturated heterocycles. The molecule has 0 unspecified atom stereocenters. The van der Waals surface area contributed by atoms with Crippen LogP contribution in [0.1, 0.15) is 41.7 Å². The zero-order valence-corrected chi connectivity index (χ0v) is 14.5. The summed E-state index contributed by atoms with van der Waals surface area (Å²) in [6.45, 7) is 1.91. The molecule has 0 spiro atoms. The number of carbonyl (C=O) groups excluding carboxylic acids is 1. The van der Waals surface area contributed by atoms with E-state index in [4.69, 9.17) is 0 Å². The number of nitrogens with one attached hydrogen (secondary N) is 1. The number of hydrogen-bond donors (Lipinski definition) is 2. The highest BCUT2D eigenvalue weighted by atomic mass is 16.3. The Hall–Kier alpha value is -2.87. The van der Waals surface area contributed by atoms with Crippen LogP contribution in [0.2, 0.25) is 0 Å². The lowest BCUT2D eigenvalue weighted by molar-refractivity contribution is 0.0867. The molecule has 26 heavy (non-hydrogen) atoms. The first-order chi connectivity index (χ1) is 12.6. The van der Waals surface area contributed by atoms with Crippen LogP contribution in [0.4, 0.5) is 0 Å². The van der Waals surface area contributed by atoms with Crippen molar-refractivity contribution in [3.63, 3.8) is 0 Å². The van der Waals surface area contributed by atoms with Crippen LogP contribution in [-0.4, -0.2) is 47.9 Å². The number of pyridine rings is 1. The molecule has 0 aromatic carbocycles. The van der Waals surface area contributed by atoms with E-state index in [0.29, 0.717) is 11.5 Å². The van der Waals surface area contributed by atoms with Crippen molar-refractivity contribution in [3.05, 3.63) is 42.1 Å². The Kier molecular flexibility index (Phi) is 4.34. The normalized spacial score (nSPS) is 20.2. The van der Waals surface area contributed by atoms with E-state index in [9.17, 15) is 9.90 Å². The predicted molar refractivity (Wildman–Crippen MR) is 94.9 cm³/mol. The number of rotatable bonds is 3. The maximum absolute atomic E-state index is 12.4. The summed E-state index contributed by atoms with van der Waals surface area (Å²) < 4.78 is 1.65. The van der Waals surface area contributed by atoms with Crippen molar-refractivity contribution in [1.82, 2.24) is 30.0 Å². The summed E-state index contributed by atoms with van der Waals surface area (Å²) in [5.74, 6) is 0.218. The highest BCUT2D eigenvalue weighted by molar-refractivity contribution is 5.93. The van der Waals surface area contributed by atoms with Crippen molar-refractivity contribution in [2.45, 2.75) is 44.8 Å². The summed E-state index contributed by atoms with van der Waals surface area (Å²) in [5.41, 5.74) is 2.13. The van der Waals surface area contributed by atoms with Crippen LogP contribution in [-0.2, 0) is 0 Å². The fourth-order valence-electron chi connectivity index (χ4n) is 3.30. The fraction of sp³-hybridized carbons (Fsp3) is 0.389. The molecule has 4 rings (SSSR count). The van der Waals surface area contributed by atoms with Crippen molar-refractivity contribution in [3.8, 4) is 5.95 Å². The molecule has 0 bridgehead atoms. The molecule has 1 amide bonds. The molecule has 0 radical (unpaired) electrons. The SMILES string of the molecule is Cc1nn(-c2ncc(C(=O)NC3CCC(O)CC3)cn2)c2ccncc12. The second kappa shape index (κ2) is 6.80. The Bertz CT molecular complexity index is 929. The molecule has 2 N–H and O–H groups in total. The largest absolute Gasteiger partial charge is 0.393 e. The van der Waals surface area contributed by atoms with Crippen LogP contribution in [0, 0.1) is 6.92 Å². The van der Waals surface area contributed by atoms with Gasteiger partial charge >= 0.3 is 0 Å². The standard InChI is InChI=1S/C18H20N6O2/c1-11-15-10-19-7-6-16(15)24(23-11)18-20-8-12(9-21-18)17(26)22-13-2-4-14(25)5-3-13/h6-10,13-14,25H,2-5H2,1H3,(H,22,26). The van der Waals surface area contributed by atoms with E-state index in [0.717, 1.165) is 42.3 Å². The summed E-state index contributed by atoms with van der Waals surface area (Å²) in [7, 11) is 0. The van der Waals surface area contributed by atoms with E-state index in [1.807, 2.05) is 13.0 Å². The van der Waals surface area contributed by atoms with Gasteiger partial charge in [0.2, 0.25) is 0 Å². The number of nitrogens with zero attached hydrogens (tertiary/aromatic N) is 5. The lowest BCUT2D eigenvalue weighted by atomic mass is 9.93. The number of fused-ring (bicyclic) bond motifs is 1. The van der Waals surface area contributed by atoms with Gasteiger partial charge in [0.1, 0.15) is 0 Å². The van der Waals surface area contributed by atoms with Crippen molar-refractivity contribution >= 4 is 16.8 Å². The molecule has 0 aliphatic heterocycles. The maximum Gasteiger partial charge on any atom is 0.254 e. The molecular weight excluding hydrogens is 332 g/mol. The van der Waals surface area contributed by atoms with Gasteiger partial charge in [-0.15, -0.1) is 0 Å². The summed E-state index contributed by atoms with van der Waals surface area (Å²) >= 11 is 0. The van der Waals surface area contributed by atoms with Crippen molar-refractivity contribution < 1.29 is 9.90 Å². The van der Waals surface area contributed by atoms with Crippen LogP contribution in [0.25, 0.3) is 16.9 Å². The molecule has 1 aliphatic rings. The fourth-order valence-corrected chi connectivity index (χ4v) is 3.30. The number of aliphatic hydroxyl groups excluding tert-OH is 1. The van der Waals surface area contributed by atoms with Crippen LogP contribution < -0.4 is 5.32 Å². The third kappa shape index (κ3) is 3.15. The van der Waals surface area contributed by atoms with Crippen molar-refractivity contribution in [2.75, 3.05) is 0 Å². The minimum absolute atomic E-state index is 0.0933. The Labute approximate surface area is 150 Å². The summed E-state index contributed by atoms with van der Waals surface area (Å²) in [6.07, 6.45) is 9.27. The minimum Gasteiger partial charge on any atom is -0.393 e. The third-order valence-corrected chi connectivity index (χ3v) is 4.79. The third-order valence-electron chi connectivity index (χ3n) is 4.79. The van der Waals surface area contributed by atoms with E-state index < -0.39 is 0 Å². The molecule has 134 valence electrons. The van der Waals surface area contributed by atoms with Gasteiger partial charge in [-0.05, 0) is 38.7 Å². The van der Waals surface area contributed by atoms with E-state index in [-0.39, 0.29) is 18.1 Å². The lowest BCUT2D eigenvalue weighted by Crippen LogP contribution is -2.38. The van der Waals surface area contributed by atoms with Crippen LogP contribution in [0.5, 0.6) is 0 Å². The Morgan fingerprint density at radius 3 is 2.65 bits per heavy atom. The van der Waals surface area contributed by atoms with Gasteiger partial charge < -0.3 is 10.4 Å². The number of aliphatic hydroxyl groups is 1. The average molecular weight is 352 g/mol. The van der Waals surface area contributed by atoms with Crippen molar-refractivity contribution in [2.24, 2.45) is 0 Å². The monoisotopic (exact) mass is 352 g/mol. The first kappa shape index (κ1) is 16.6. The first-order valence-electron chi connectivity index (χ1n) is 8.72. The van der Waals surface area contributed by atoms with Gasteiger partial charge in [0.15, 0.2) is 0 Å². The number of aromatic nitrogens is 5. The number of hydrogen-bond acceptors (Lipinski definition) is 6. The second-order valence-electron chi connectivity index (χ2n) is 6.64. The molecule has 3 heterocycles. The maximum atomic E-state index is 12.4. The second-order valence-corrected chi connectivity index (χ2v) is 6.64.